The number of aromatic amines is 1. The lowest BCUT2D eigenvalue weighted by atomic mass is 9.89. The summed E-state index contributed by atoms with van der Waals surface area (Å²) in [7, 11) is 0. The lowest BCUT2D eigenvalue weighted by Gasteiger charge is -2.16. The largest absolute Gasteiger partial charge is 0.508 e. The Labute approximate surface area is 140 Å². The first-order valence-electron chi connectivity index (χ1n) is 8.21. The Kier molecular flexibility index (Phi) is 4.56. The second-order valence-corrected chi connectivity index (χ2v) is 6.11. The molecule has 0 aliphatic carbocycles. The van der Waals surface area contributed by atoms with Crippen LogP contribution in [0.3, 0.4) is 0 Å². The van der Waals surface area contributed by atoms with Crippen LogP contribution in [0.4, 0.5) is 0 Å². The zero-order chi connectivity index (χ0) is 17.1. The van der Waals surface area contributed by atoms with Gasteiger partial charge in [-0.05, 0) is 60.6 Å². The number of aromatic nitrogens is 1. The van der Waals surface area contributed by atoms with Crippen molar-refractivity contribution in [3.8, 4) is 5.75 Å². The molecule has 0 bridgehead atoms. The number of carbonyl (C=O) groups is 1. The Morgan fingerprint density at radius 1 is 1.17 bits per heavy atom. The fourth-order valence-electron chi connectivity index (χ4n) is 3.21. The average Bonchev–Trinajstić information content (AvgIpc) is 3.00. The molecule has 124 valence electrons. The molecule has 1 unspecified atom stereocenters. The number of H-pyrrole nitrogens is 1. The quantitative estimate of drug-likeness (QED) is 0.615. The first kappa shape index (κ1) is 16.1. The third-order valence-electron chi connectivity index (χ3n) is 4.57. The molecule has 1 atom stereocenters. The number of phenols is 1. The average molecular weight is 323 g/mol. The minimum atomic E-state index is -0.946. The van der Waals surface area contributed by atoms with Crippen molar-refractivity contribution in [2.24, 2.45) is 0 Å². The topological polar surface area (TPSA) is 73.3 Å². The molecule has 0 fully saturated rings. The molecule has 3 rings (SSSR count). The molecule has 2 aromatic carbocycles. The van der Waals surface area contributed by atoms with E-state index in [1.165, 1.54) is 5.56 Å². The number of aryl methyl sites for hydroxylation is 1. The number of rotatable bonds is 6. The third kappa shape index (κ3) is 3.27. The molecule has 4 nitrogen and oxygen atoms in total. The molecule has 0 saturated heterocycles. The van der Waals surface area contributed by atoms with Crippen LogP contribution in [0.15, 0.2) is 48.5 Å². The highest BCUT2D eigenvalue weighted by molar-refractivity contribution is 5.93. The molecule has 1 heterocycles. The van der Waals surface area contributed by atoms with Crippen molar-refractivity contribution in [1.82, 2.24) is 4.98 Å². The maximum atomic E-state index is 11.0. The number of benzene rings is 2. The third-order valence-corrected chi connectivity index (χ3v) is 4.57. The Morgan fingerprint density at radius 2 is 1.96 bits per heavy atom. The molecule has 0 amide bonds. The van der Waals surface area contributed by atoms with Gasteiger partial charge >= 0.3 is 5.97 Å². The summed E-state index contributed by atoms with van der Waals surface area (Å²) >= 11 is 0. The van der Waals surface area contributed by atoms with Crippen molar-refractivity contribution in [2.45, 2.75) is 32.1 Å². The standard InChI is InChI=1S/C20H21NO3/c1-2-14(16-5-3-4-6-19(16)22)9-7-13-8-10-17-15(11-13)12-18(21-17)20(23)24/h3-6,8,10-12,14,21-22H,2,7,9H2,1H3,(H,23,24). The zero-order valence-corrected chi connectivity index (χ0v) is 13.6. The second kappa shape index (κ2) is 6.79. The van der Waals surface area contributed by atoms with E-state index in [0.717, 1.165) is 35.7 Å². The smallest absolute Gasteiger partial charge is 0.352 e. The predicted molar refractivity (Wildman–Crippen MR) is 94.7 cm³/mol. The number of fused-ring (bicyclic) bond motifs is 1. The number of carboxylic acid groups (broad SMARTS) is 1. The molecule has 0 saturated carbocycles. The van der Waals surface area contributed by atoms with Crippen LogP contribution in [0.2, 0.25) is 0 Å². The highest BCUT2D eigenvalue weighted by Crippen LogP contribution is 2.31. The van der Waals surface area contributed by atoms with E-state index in [1.807, 2.05) is 36.4 Å². The van der Waals surface area contributed by atoms with Crippen LogP contribution < -0.4 is 0 Å². The Morgan fingerprint density at radius 3 is 2.67 bits per heavy atom. The predicted octanol–water partition coefficient (Wildman–Crippen LogP) is 4.70. The summed E-state index contributed by atoms with van der Waals surface area (Å²) in [5, 5.41) is 20.0. The lowest BCUT2D eigenvalue weighted by molar-refractivity contribution is 0.0691. The molecule has 3 aromatic rings. The van der Waals surface area contributed by atoms with Gasteiger partial charge in [-0.3, -0.25) is 0 Å². The van der Waals surface area contributed by atoms with Crippen LogP contribution in [0, 0.1) is 0 Å². The summed E-state index contributed by atoms with van der Waals surface area (Å²) in [6.45, 7) is 2.13. The van der Waals surface area contributed by atoms with Crippen LogP contribution in [0.1, 0.15) is 47.3 Å². The Balaban J connectivity index is 1.77. The number of hydrogen-bond acceptors (Lipinski definition) is 2. The lowest BCUT2D eigenvalue weighted by Crippen LogP contribution is -2.00. The van der Waals surface area contributed by atoms with Crippen molar-refractivity contribution in [1.29, 1.82) is 0 Å². The van der Waals surface area contributed by atoms with E-state index >= 15 is 0 Å². The van der Waals surface area contributed by atoms with Gasteiger partial charge in [0.05, 0.1) is 0 Å². The molecule has 1 aromatic heterocycles. The number of aromatic carboxylic acids is 1. The summed E-state index contributed by atoms with van der Waals surface area (Å²) in [4.78, 5) is 13.9. The maximum absolute atomic E-state index is 11.0. The van der Waals surface area contributed by atoms with Gasteiger partial charge in [-0.15, -0.1) is 0 Å². The summed E-state index contributed by atoms with van der Waals surface area (Å²) < 4.78 is 0. The van der Waals surface area contributed by atoms with Gasteiger partial charge in [0.25, 0.3) is 0 Å². The van der Waals surface area contributed by atoms with Gasteiger partial charge in [0.15, 0.2) is 0 Å². The van der Waals surface area contributed by atoms with E-state index in [0.29, 0.717) is 11.7 Å². The molecule has 0 aliphatic heterocycles. The van der Waals surface area contributed by atoms with Crippen LogP contribution in [-0.4, -0.2) is 21.2 Å². The fourth-order valence-corrected chi connectivity index (χ4v) is 3.21. The van der Waals surface area contributed by atoms with Crippen molar-refractivity contribution in [3.05, 3.63) is 65.4 Å². The summed E-state index contributed by atoms with van der Waals surface area (Å²) in [6.07, 6.45) is 2.79. The number of para-hydroxylation sites is 1. The highest BCUT2D eigenvalue weighted by Gasteiger charge is 2.14. The molecular weight excluding hydrogens is 302 g/mol. The van der Waals surface area contributed by atoms with Gasteiger partial charge < -0.3 is 15.2 Å². The van der Waals surface area contributed by atoms with E-state index in [4.69, 9.17) is 5.11 Å². The maximum Gasteiger partial charge on any atom is 0.352 e. The zero-order valence-electron chi connectivity index (χ0n) is 13.6. The summed E-state index contributed by atoms with van der Waals surface area (Å²) in [5.41, 5.74) is 3.22. The van der Waals surface area contributed by atoms with E-state index in [-0.39, 0.29) is 5.69 Å². The molecule has 3 N–H and O–H groups in total. The normalized spacial score (nSPS) is 12.4. The van der Waals surface area contributed by atoms with E-state index in [2.05, 4.69) is 11.9 Å². The number of phenolic OH excluding ortho intramolecular Hbond substituents is 1. The van der Waals surface area contributed by atoms with Gasteiger partial charge in [0.1, 0.15) is 11.4 Å². The van der Waals surface area contributed by atoms with Crippen LogP contribution in [0.5, 0.6) is 5.75 Å². The van der Waals surface area contributed by atoms with E-state index in [1.54, 1.807) is 12.1 Å². The minimum Gasteiger partial charge on any atom is -0.508 e. The van der Waals surface area contributed by atoms with Crippen LogP contribution >= 0.6 is 0 Å². The SMILES string of the molecule is CCC(CCc1ccc2[nH]c(C(=O)O)cc2c1)c1ccccc1O. The van der Waals surface area contributed by atoms with Gasteiger partial charge in [-0.25, -0.2) is 4.79 Å². The van der Waals surface area contributed by atoms with Gasteiger partial charge in [-0.1, -0.05) is 31.2 Å². The molecule has 0 radical (unpaired) electrons. The van der Waals surface area contributed by atoms with Gasteiger partial charge in [0, 0.05) is 10.9 Å². The van der Waals surface area contributed by atoms with Gasteiger partial charge in [0.2, 0.25) is 0 Å². The molecule has 0 spiro atoms. The van der Waals surface area contributed by atoms with Crippen molar-refractivity contribution in [3.63, 3.8) is 0 Å². The number of aromatic hydroxyl groups is 1. The van der Waals surface area contributed by atoms with Gasteiger partial charge in [-0.2, -0.15) is 0 Å². The first-order chi connectivity index (χ1) is 11.6. The minimum absolute atomic E-state index is 0.211. The molecule has 24 heavy (non-hydrogen) atoms. The Hall–Kier alpha value is -2.75. The molecular formula is C20H21NO3. The summed E-state index contributed by atoms with van der Waals surface area (Å²) in [6, 6.07) is 15.2. The number of carboxylic acids is 1. The Bertz CT molecular complexity index is 866. The summed E-state index contributed by atoms with van der Waals surface area (Å²) in [5.74, 6) is -0.280. The van der Waals surface area contributed by atoms with Crippen LogP contribution in [0.25, 0.3) is 10.9 Å². The molecule has 4 heteroatoms. The van der Waals surface area contributed by atoms with Crippen molar-refractivity contribution >= 4 is 16.9 Å². The molecule has 0 aliphatic rings. The highest BCUT2D eigenvalue weighted by atomic mass is 16.4. The number of nitrogens with one attached hydrogen (secondary N) is 1. The van der Waals surface area contributed by atoms with Crippen molar-refractivity contribution < 1.29 is 15.0 Å². The first-order valence-corrected chi connectivity index (χ1v) is 8.21. The second-order valence-electron chi connectivity index (χ2n) is 6.11. The van der Waals surface area contributed by atoms with Crippen LogP contribution in [-0.2, 0) is 6.42 Å². The fraction of sp³-hybridized carbons (Fsp3) is 0.250. The van der Waals surface area contributed by atoms with E-state index < -0.39 is 5.97 Å². The van der Waals surface area contributed by atoms with Crippen molar-refractivity contribution in [2.75, 3.05) is 0 Å². The number of hydrogen-bond donors (Lipinski definition) is 3. The van der Waals surface area contributed by atoms with E-state index in [9.17, 15) is 9.90 Å². The monoisotopic (exact) mass is 323 g/mol.